The molecule has 1 rings (SSSR count). The maximum Gasteiger partial charge on any atom is 0.319 e. The maximum absolute atomic E-state index is 11.9. The Morgan fingerprint density at radius 3 is 2.78 bits per heavy atom. The highest BCUT2D eigenvalue weighted by Gasteiger charge is 2.20. The molecular weight excluding hydrogens is 393 g/mol. The van der Waals surface area contributed by atoms with Crippen molar-refractivity contribution in [1.82, 2.24) is 4.72 Å². The molecular formula is C10H11ClINO4S. The van der Waals surface area contributed by atoms with Crippen molar-refractivity contribution in [2.24, 2.45) is 0 Å². The highest BCUT2D eigenvalue weighted by atomic mass is 127. The van der Waals surface area contributed by atoms with Crippen molar-refractivity contribution in [1.29, 1.82) is 0 Å². The third-order valence-corrected chi connectivity index (χ3v) is 4.62. The van der Waals surface area contributed by atoms with Crippen LogP contribution in [0.3, 0.4) is 0 Å². The summed E-state index contributed by atoms with van der Waals surface area (Å²) in [4.78, 5) is 11.2. The Morgan fingerprint density at radius 1 is 1.56 bits per heavy atom. The topological polar surface area (TPSA) is 72.5 Å². The monoisotopic (exact) mass is 403 g/mol. The lowest BCUT2D eigenvalue weighted by Gasteiger charge is -2.10. The summed E-state index contributed by atoms with van der Waals surface area (Å²) >= 11 is 7.52. The zero-order valence-corrected chi connectivity index (χ0v) is 13.1. The number of ether oxygens (including phenoxy) is 1. The fourth-order valence-corrected chi connectivity index (χ4v) is 3.23. The van der Waals surface area contributed by atoms with Crippen LogP contribution >= 0.6 is 34.2 Å². The van der Waals surface area contributed by atoms with Gasteiger partial charge >= 0.3 is 5.97 Å². The van der Waals surface area contributed by atoms with Crippen LogP contribution in [0.4, 0.5) is 0 Å². The van der Waals surface area contributed by atoms with Crippen LogP contribution in [0.5, 0.6) is 0 Å². The molecule has 1 atom stereocenters. The van der Waals surface area contributed by atoms with Gasteiger partial charge in [0, 0.05) is 11.6 Å². The number of methoxy groups -OCH3 is 1. The number of alkyl halides is 1. The summed E-state index contributed by atoms with van der Waals surface area (Å²) in [5, 5.41) is 0.330. The van der Waals surface area contributed by atoms with E-state index < -0.39 is 19.9 Å². The Hall–Kier alpha value is -0.380. The van der Waals surface area contributed by atoms with Gasteiger partial charge in [-0.15, -0.1) is 0 Å². The van der Waals surface area contributed by atoms with E-state index in [1.165, 1.54) is 19.2 Å². The van der Waals surface area contributed by atoms with Crippen molar-refractivity contribution in [3.8, 4) is 0 Å². The van der Waals surface area contributed by atoms with Crippen molar-refractivity contribution in [3.63, 3.8) is 0 Å². The summed E-state index contributed by atoms with van der Waals surface area (Å²) in [5.41, 5.74) is 0. The molecule has 5 nitrogen and oxygen atoms in total. The summed E-state index contributed by atoms with van der Waals surface area (Å²) < 4.78 is 30.0. The number of carbonyl (C=O) groups is 1. The van der Waals surface area contributed by atoms with Crippen molar-refractivity contribution in [3.05, 3.63) is 29.3 Å². The molecule has 0 spiro atoms. The van der Waals surface area contributed by atoms with Crippen LogP contribution in [0.15, 0.2) is 29.2 Å². The zero-order valence-electron chi connectivity index (χ0n) is 9.39. The zero-order chi connectivity index (χ0) is 13.8. The Morgan fingerprint density at radius 2 is 2.22 bits per heavy atom. The lowest BCUT2D eigenvalue weighted by Crippen LogP contribution is -2.33. The molecule has 1 N–H and O–H groups in total. The second-order valence-corrected chi connectivity index (χ2v) is 7.01. The SMILES string of the molecule is COC(=O)C(I)CNS(=O)(=O)c1cccc(Cl)c1. The van der Waals surface area contributed by atoms with E-state index in [4.69, 9.17) is 11.6 Å². The molecule has 0 aromatic heterocycles. The number of carbonyl (C=O) groups excluding carboxylic acids is 1. The second kappa shape index (κ2) is 6.69. The lowest BCUT2D eigenvalue weighted by atomic mass is 10.4. The van der Waals surface area contributed by atoms with Crippen LogP contribution < -0.4 is 4.72 Å². The van der Waals surface area contributed by atoms with E-state index in [-0.39, 0.29) is 11.4 Å². The number of rotatable bonds is 5. The van der Waals surface area contributed by atoms with Gasteiger partial charge in [0.2, 0.25) is 10.0 Å². The molecule has 0 saturated heterocycles. The number of sulfonamides is 1. The fraction of sp³-hybridized carbons (Fsp3) is 0.300. The van der Waals surface area contributed by atoms with Crippen LogP contribution in [0, 0.1) is 0 Å². The van der Waals surface area contributed by atoms with Crippen LogP contribution in [-0.2, 0) is 19.6 Å². The van der Waals surface area contributed by atoms with Crippen LogP contribution in [0.2, 0.25) is 5.02 Å². The Labute approximate surface area is 124 Å². The predicted octanol–water partition coefficient (Wildman–Crippen LogP) is 1.59. The van der Waals surface area contributed by atoms with E-state index in [0.29, 0.717) is 5.02 Å². The van der Waals surface area contributed by atoms with Crippen LogP contribution in [-0.4, -0.2) is 32.0 Å². The van der Waals surface area contributed by atoms with Gasteiger partial charge in [-0.3, -0.25) is 4.79 Å². The first-order chi connectivity index (χ1) is 8.36. The van der Waals surface area contributed by atoms with E-state index in [0.717, 1.165) is 0 Å². The van der Waals surface area contributed by atoms with Crippen molar-refractivity contribution in [2.75, 3.05) is 13.7 Å². The molecule has 8 heteroatoms. The number of nitrogens with one attached hydrogen (secondary N) is 1. The van der Waals surface area contributed by atoms with Gasteiger partial charge < -0.3 is 4.74 Å². The smallest absolute Gasteiger partial charge is 0.319 e. The molecule has 0 amide bonds. The Balaban J connectivity index is 2.75. The molecule has 0 heterocycles. The average molecular weight is 404 g/mol. The minimum Gasteiger partial charge on any atom is -0.468 e. The first-order valence-corrected chi connectivity index (χ1v) is 7.94. The Bertz CT molecular complexity index is 534. The highest BCUT2D eigenvalue weighted by molar-refractivity contribution is 14.1. The average Bonchev–Trinajstić information content (AvgIpc) is 2.35. The normalized spacial score (nSPS) is 13.1. The molecule has 0 fully saturated rings. The van der Waals surface area contributed by atoms with Gasteiger partial charge in [0.25, 0.3) is 0 Å². The number of benzene rings is 1. The van der Waals surface area contributed by atoms with Crippen LogP contribution in [0.25, 0.3) is 0 Å². The van der Waals surface area contributed by atoms with Gasteiger partial charge in [0.05, 0.1) is 12.0 Å². The van der Waals surface area contributed by atoms with E-state index >= 15 is 0 Å². The number of halogens is 2. The van der Waals surface area contributed by atoms with Crippen LogP contribution in [0.1, 0.15) is 0 Å². The molecule has 0 aliphatic rings. The minimum atomic E-state index is -3.67. The van der Waals surface area contributed by atoms with E-state index in [9.17, 15) is 13.2 Å². The third kappa shape index (κ3) is 4.38. The largest absolute Gasteiger partial charge is 0.468 e. The summed E-state index contributed by atoms with van der Waals surface area (Å²) in [6, 6.07) is 5.88. The fourth-order valence-electron chi connectivity index (χ4n) is 1.11. The number of hydrogen-bond acceptors (Lipinski definition) is 4. The van der Waals surface area contributed by atoms with Gasteiger partial charge in [0.15, 0.2) is 0 Å². The van der Waals surface area contributed by atoms with Crippen molar-refractivity contribution < 1.29 is 17.9 Å². The van der Waals surface area contributed by atoms with Gasteiger partial charge in [0.1, 0.15) is 3.92 Å². The van der Waals surface area contributed by atoms with Gasteiger partial charge in [-0.05, 0) is 18.2 Å². The van der Waals surface area contributed by atoms with Gasteiger partial charge in [-0.2, -0.15) is 0 Å². The summed E-state index contributed by atoms with van der Waals surface area (Å²) in [6.07, 6.45) is 0. The molecule has 0 saturated carbocycles. The molecule has 1 aromatic rings. The molecule has 0 radical (unpaired) electrons. The lowest BCUT2D eigenvalue weighted by molar-refractivity contribution is -0.139. The summed E-state index contributed by atoms with van der Waals surface area (Å²) in [7, 11) is -2.42. The molecule has 0 bridgehead atoms. The van der Waals surface area contributed by atoms with E-state index in [2.05, 4.69) is 9.46 Å². The Kier molecular flexibility index (Phi) is 5.83. The highest BCUT2D eigenvalue weighted by Crippen LogP contribution is 2.15. The van der Waals surface area contributed by atoms with Gasteiger partial charge in [-0.25, -0.2) is 13.1 Å². The number of hydrogen-bond donors (Lipinski definition) is 1. The second-order valence-electron chi connectivity index (χ2n) is 3.30. The third-order valence-electron chi connectivity index (χ3n) is 2.02. The van der Waals surface area contributed by atoms with Crippen molar-refractivity contribution in [2.45, 2.75) is 8.82 Å². The molecule has 1 aromatic carbocycles. The van der Waals surface area contributed by atoms with E-state index in [1.807, 2.05) is 0 Å². The predicted molar refractivity (Wildman–Crippen MR) is 76.5 cm³/mol. The molecule has 0 aliphatic heterocycles. The molecule has 18 heavy (non-hydrogen) atoms. The summed E-state index contributed by atoms with van der Waals surface area (Å²) in [5.74, 6) is -0.482. The minimum absolute atomic E-state index is 0.0396. The summed E-state index contributed by atoms with van der Waals surface area (Å²) in [6.45, 7) is -0.0396. The van der Waals surface area contributed by atoms with Crippen molar-refractivity contribution >= 4 is 50.2 Å². The molecule has 0 aliphatic carbocycles. The van der Waals surface area contributed by atoms with Gasteiger partial charge in [-0.1, -0.05) is 40.3 Å². The first-order valence-electron chi connectivity index (χ1n) is 4.84. The maximum atomic E-state index is 11.9. The number of esters is 1. The first kappa shape index (κ1) is 15.7. The quantitative estimate of drug-likeness (QED) is 0.460. The standard InChI is InChI=1S/C10H11ClINO4S/c1-17-10(14)9(12)6-13-18(15,16)8-4-2-3-7(11)5-8/h2-5,9,13H,6H2,1H3. The molecule has 100 valence electrons. The molecule has 1 unspecified atom stereocenters. The van der Waals surface area contributed by atoms with E-state index in [1.54, 1.807) is 34.7 Å².